The van der Waals surface area contributed by atoms with Crippen LogP contribution in [0.4, 0.5) is 10.2 Å². The summed E-state index contributed by atoms with van der Waals surface area (Å²) in [6, 6.07) is 11.6. The van der Waals surface area contributed by atoms with Crippen LogP contribution in [-0.2, 0) is 13.1 Å². The molecule has 2 aromatic rings. The van der Waals surface area contributed by atoms with Gasteiger partial charge in [0, 0.05) is 25.2 Å². The number of nitrogens with zero attached hydrogens (tertiary/aromatic N) is 2. The minimum absolute atomic E-state index is 0.283. The van der Waals surface area contributed by atoms with Gasteiger partial charge in [0.15, 0.2) is 0 Å². The fourth-order valence-electron chi connectivity index (χ4n) is 2.05. The lowest BCUT2D eigenvalue weighted by Crippen LogP contribution is -2.25. The SMILES string of the molecule is CCN(Cc1ccccc1)c1ncc(F)cc1CN. The van der Waals surface area contributed by atoms with E-state index in [0.29, 0.717) is 0 Å². The molecule has 0 saturated carbocycles. The number of hydrogen-bond acceptors (Lipinski definition) is 3. The molecular weight excluding hydrogens is 241 g/mol. The molecule has 2 N–H and O–H groups in total. The molecule has 0 saturated heterocycles. The second-order valence-electron chi connectivity index (χ2n) is 4.34. The molecule has 0 aliphatic rings. The molecule has 19 heavy (non-hydrogen) atoms. The number of hydrogen-bond donors (Lipinski definition) is 1. The summed E-state index contributed by atoms with van der Waals surface area (Å²) < 4.78 is 13.2. The van der Waals surface area contributed by atoms with Crippen LogP contribution in [-0.4, -0.2) is 11.5 Å². The van der Waals surface area contributed by atoms with E-state index in [0.717, 1.165) is 24.5 Å². The van der Waals surface area contributed by atoms with Crippen molar-refractivity contribution >= 4 is 5.82 Å². The van der Waals surface area contributed by atoms with Gasteiger partial charge in [0.2, 0.25) is 0 Å². The average molecular weight is 259 g/mol. The predicted octanol–water partition coefficient (Wildman–Crippen LogP) is 2.71. The minimum atomic E-state index is -0.347. The van der Waals surface area contributed by atoms with Gasteiger partial charge in [0.25, 0.3) is 0 Å². The minimum Gasteiger partial charge on any atom is -0.352 e. The van der Waals surface area contributed by atoms with E-state index in [4.69, 9.17) is 5.73 Å². The number of nitrogens with two attached hydrogens (primary N) is 1. The summed E-state index contributed by atoms with van der Waals surface area (Å²) in [4.78, 5) is 6.28. The molecule has 0 aliphatic heterocycles. The first-order chi connectivity index (χ1) is 9.24. The van der Waals surface area contributed by atoms with Gasteiger partial charge in [-0.25, -0.2) is 9.37 Å². The number of aromatic nitrogens is 1. The molecule has 0 bridgehead atoms. The van der Waals surface area contributed by atoms with Crippen molar-refractivity contribution in [2.75, 3.05) is 11.4 Å². The number of halogens is 1. The molecule has 3 nitrogen and oxygen atoms in total. The van der Waals surface area contributed by atoms with Crippen LogP contribution >= 0.6 is 0 Å². The molecule has 1 heterocycles. The van der Waals surface area contributed by atoms with Crippen molar-refractivity contribution in [2.45, 2.75) is 20.0 Å². The second kappa shape index (κ2) is 6.29. The van der Waals surface area contributed by atoms with Gasteiger partial charge in [0.1, 0.15) is 11.6 Å². The Morgan fingerprint density at radius 1 is 1.26 bits per heavy atom. The Hall–Kier alpha value is -1.94. The topological polar surface area (TPSA) is 42.2 Å². The van der Waals surface area contributed by atoms with Crippen LogP contribution in [0.3, 0.4) is 0 Å². The number of benzene rings is 1. The van der Waals surface area contributed by atoms with Crippen molar-refractivity contribution in [1.29, 1.82) is 0 Å². The zero-order chi connectivity index (χ0) is 13.7. The highest BCUT2D eigenvalue weighted by Gasteiger charge is 2.12. The smallest absolute Gasteiger partial charge is 0.141 e. The largest absolute Gasteiger partial charge is 0.352 e. The Labute approximate surface area is 112 Å². The molecule has 1 aromatic carbocycles. The molecule has 1 aromatic heterocycles. The van der Waals surface area contributed by atoms with Crippen LogP contribution in [0.5, 0.6) is 0 Å². The predicted molar refractivity (Wildman–Crippen MR) is 75.3 cm³/mol. The lowest BCUT2D eigenvalue weighted by Gasteiger charge is -2.24. The Bertz CT molecular complexity index is 528. The Kier molecular flexibility index (Phi) is 4.47. The molecule has 0 aliphatic carbocycles. The number of anilines is 1. The molecular formula is C15H18FN3. The summed E-state index contributed by atoms with van der Waals surface area (Å²) in [5, 5.41) is 0. The Morgan fingerprint density at radius 2 is 2.00 bits per heavy atom. The maximum Gasteiger partial charge on any atom is 0.141 e. The van der Waals surface area contributed by atoms with Crippen molar-refractivity contribution in [3.63, 3.8) is 0 Å². The van der Waals surface area contributed by atoms with Crippen LogP contribution in [0.2, 0.25) is 0 Å². The van der Waals surface area contributed by atoms with Gasteiger partial charge >= 0.3 is 0 Å². The van der Waals surface area contributed by atoms with Gasteiger partial charge < -0.3 is 10.6 Å². The molecule has 4 heteroatoms. The molecule has 0 fully saturated rings. The fraction of sp³-hybridized carbons (Fsp3) is 0.267. The van der Waals surface area contributed by atoms with Crippen LogP contribution in [0, 0.1) is 5.82 Å². The lowest BCUT2D eigenvalue weighted by molar-refractivity contribution is 0.617. The van der Waals surface area contributed by atoms with E-state index >= 15 is 0 Å². The highest BCUT2D eigenvalue weighted by molar-refractivity contribution is 5.47. The summed E-state index contributed by atoms with van der Waals surface area (Å²) in [6.45, 7) is 3.86. The summed E-state index contributed by atoms with van der Waals surface area (Å²) in [5.41, 5.74) is 7.60. The highest BCUT2D eigenvalue weighted by Crippen LogP contribution is 2.20. The van der Waals surface area contributed by atoms with Gasteiger partial charge in [-0.05, 0) is 18.6 Å². The monoisotopic (exact) mass is 259 g/mol. The molecule has 0 amide bonds. The van der Waals surface area contributed by atoms with E-state index in [2.05, 4.69) is 22.0 Å². The molecule has 2 rings (SSSR count). The van der Waals surface area contributed by atoms with Crippen LogP contribution in [0.25, 0.3) is 0 Å². The summed E-state index contributed by atoms with van der Waals surface area (Å²) in [7, 11) is 0. The number of pyridine rings is 1. The molecule has 0 spiro atoms. The maximum atomic E-state index is 13.2. The van der Waals surface area contributed by atoms with E-state index in [1.165, 1.54) is 17.8 Å². The van der Waals surface area contributed by atoms with E-state index in [9.17, 15) is 4.39 Å². The standard InChI is InChI=1S/C15H18FN3/c1-2-19(11-12-6-4-3-5-7-12)15-13(9-17)8-14(16)10-18-15/h3-8,10H,2,9,11,17H2,1H3. The van der Waals surface area contributed by atoms with E-state index in [1.807, 2.05) is 25.1 Å². The Morgan fingerprint density at radius 3 is 2.63 bits per heavy atom. The van der Waals surface area contributed by atoms with Crippen molar-refractivity contribution < 1.29 is 4.39 Å². The third kappa shape index (κ3) is 3.29. The van der Waals surface area contributed by atoms with Gasteiger partial charge in [-0.15, -0.1) is 0 Å². The van der Waals surface area contributed by atoms with Crippen molar-refractivity contribution in [3.05, 3.63) is 59.5 Å². The van der Waals surface area contributed by atoms with Crippen molar-refractivity contribution in [1.82, 2.24) is 4.98 Å². The Balaban J connectivity index is 2.27. The fourth-order valence-corrected chi connectivity index (χ4v) is 2.05. The highest BCUT2D eigenvalue weighted by atomic mass is 19.1. The first-order valence-corrected chi connectivity index (χ1v) is 6.38. The summed E-state index contributed by atoms with van der Waals surface area (Å²) in [5.74, 6) is 0.412. The van der Waals surface area contributed by atoms with Crippen molar-refractivity contribution in [3.8, 4) is 0 Å². The quantitative estimate of drug-likeness (QED) is 0.897. The van der Waals surface area contributed by atoms with Crippen LogP contribution in [0.1, 0.15) is 18.1 Å². The molecule has 0 atom stereocenters. The zero-order valence-corrected chi connectivity index (χ0v) is 11.0. The summed E-state index contributed by atoms with van der Waals surface area (Å²) in [6.07, 6.45) is 1.24. The normalized spacial score (nSPS) is 10.5. The van der Waals surface area contributed by atoms with Gasteiger partial charge in [-0.3, -0.25) is 0 Å². The molecule has 0 unspecified atom stereocenters. The van der Waals surface area contributed by atoms with E-state index < -0.39 is 0 Å². The van der Waals surface area contributed by atoms with Crippen LogP contribution < -0.4 is 10.6 Å². The third-order valence-electron chi connectivity index (χ3n) is 3.03. The van der Waals surface area contributed by atoms with E-state index in [-0.39, 0.29) is 12.4 Å². The lowest BCUT2D eigenvalue weighted by atomic mass is 10.2. The van der Waals surface area contributed by atoms with Crippen molar-refractivity contribution in [2.24, 2.45) is 5.73 Å². The molecule has 0 radical (unpaired) electrons. The first kappa shape index (κ1) is 13.5. The first-order valence-electron chi connectivity index (χ1n) is 6.38. The zero-order valence-electron chi connectivity index (χ0n) is 11.0. The molecule has 100 valence electrons. The number of rotatable bonds is 5. The second-order valence-corrected chi connectivity index (χ2v) is 4.34. The van der Waals surface area contributed by atoms with Crippen LogP contribution in [0.15, 0.2) is 42.6 Å². The summed E-state index contributed by atoms with van der Waals surface area (Å²) >= 11 is 0. The maximum absolute atomic E-state index is 13.2. The van der Waals surface area contributed by atoms with Gasteiger partial charge in [-0.2, -0.15) is 0 Å². The average Bonchev–Trinajstić information content (AvgIpc) is 2.46. The third-order valence-corrected chi connectivity index (χ3v) is 3.03. The van der Waals surface area contributed by atoms with E-state index in [1.54, 1.807) is 0 Å². The van der Waals surface area contributed by atoms with Gasteiger partial charge in [0.05, 0.1) is 6.20 Å². The van der Waals surface area contributed by atoms with Gasteiger partial charge in [-0.1, -0.05) is 30.3 Å².